The predicted octanol–water partition coefficient (Wildman–Crippen LogP) is 4.99. The first-order chi connectivity index (χ1) is 12.1. The van der Waals surface area contributed by atoms with Crippen LogP contribution in [0.2, 0.25) is 5.02 Å². The van der Waals surface area contributed by atoms with E-state index in [2.05, 4.69) is 10.6 Å². The van der Waals surface area contributed by atoms with Crippen molar-refractivity contribution in [3.63, 3.8) is 0 Å². The van der Waals surface area contributed by atoms with Gasteiger partial charge in [-0.3, -0.25) is 4.79 Å². The molecule has 2 aromatic rings. The molecule has 0 aromatic heterocycles. The monoisotopic (exact) mass is 385 g/mol. The van der Waals surface area contributed by atoms with Crippen LogP contribution < -0.4 is 15.5 Å². The van der Waals surface area contributed by atoms with Crippen molar-refractivity contribution in [2.45, 2.75) is 13.1 Å². The summed E-state index contributed by atoms with van der Waals surface area (Å²) in [5.41, 5.74) is -0.0589. The lowest BCUT2D eigenvalue weighted by molar-refractivity contribution is -0.137. The number of anilines is 3. The van der Waals surface area contributed by atoms with Gasteiger partial charge in [0.1, 0.15) is 0 Å². The lowest BCUT2D eigenvalue weighted by Gasteiger charge is -2.16. The molecule has 26 heavy (non-hydrogen) atoms. The molecule has 2 aromatic carbocycles. The minimum Gasteiger partial charge on any atom is -0.316 e. The Hall–Kier alpha value is -2.74. The topological polar surface area (TPSA) is 61.4 Å². The molecule has 0 radical (unpaired) electrons. The zero-order valence-electron chi connectivity index (χ0n) is 13.8. The molecule has 0 aliphatic carbocycles. The second-order valence-electron chi connectivity index (χ2n) is 5.40. The number of hydrogen-bond donors (Lipinski definition) is 2. The molecule has 2 N–H and O–H groups in total. The van der Waals surface area contributed by atoms with Gasteiger partial charge in [-0.05, 0) is 42.5 Å². The van der Waals surface area contributed by atoms with Gasteiger partial charge in [0.2, 0.25) is 5.91 Å². The van der Waals surface area contributed by atoms with Gasteiger partial charge < -0.3 is 15.5 Å². The van der Waals surface area contributed by atoms with Crippen molar-refractivity contribution in [2.24, 2.45) is 0 Å². The molecule has 0 saturated heterocycles. The number of carbonyl (C=O) groups excluding carboxylic acids is 2. The third kappa shape index (κ3) is 4.89. The fourth-order valence-corrected chi connectivity index (χ4v) is 2.20. The fourth-order valence-electron chi connectivity index (χ4n) is 2.03. The number of nitrogens with zero attached hydrogens (tertiary/aromatic N) is 1. The summed E-state index contributed by atoms with van der Waals surface area (Å²) < 4.78 is 38.2. The molecule has 0 unspecified atom stereocenters. The molecule has 0 saturated carbocycles. The molecule has 0 atom stereocenters. The van der Waals surface area contributed by atoms with Gasteiger partial charge >= 0.3 is 12.2 Å². The van der Waals surface area contributed by atoms with E-state index >= 15 is 0 Å². The summed E-state index contributed by atoms with van der Waals surface area (Å²) >= 11 is 5.83. The highest BCUT2D eigenvalue weighted by molar-refractivity contribution is 6.33. The van der Waals surface area contributed by atoms with Crippen molar-refractivity contribution in [1.29, 1.82) is 0 Å². The molecule has 0 aliphatic rings. The molecule has 0 spiro atoms. The second kappa shape index (κ2) is 7.65. The van der Waals surface area contributed by atoms with Crippen molar-refractivity contribution >= 4 is 40.6 Å². The van der Waals surface area contributed by atoms with Gasteiger partial charge in [0.25, 0.3) is 0 Å². The smallest absolute Gasteiger partial charge is 0.316 e. The Morgan fingerprint density at radius 1 is 1.04 bits per heavy atom. The van der Waals surface area contributed by atoms with Crippen LogP contribution >= 0.6 is 11.6 Å². The van der Waals surface area contributed by atoms with Crippen molar-refractivity contribution in [2.75, 3.05) is 22.6 Å². The van der Waals surface area contributed by atoms with E-state index in [1.807, 2.05) is 0 Å². The maximum Gasteiger partial charge on any atom is 0.416 e. The Morgan fingerprint density at radius 2 is 1.65 bits per heavy atom. The Balaban J connectivity index is 2.08. The summed E-state index contributed by atoms with van der Waals surface area (Å²) in [4.78, 5) is 24.7. The van der Waals surface area contributed by atoms with E-state index in [0.717, 1.165) is 18.2 Å². The van der Waals surface area contributed by atoms with E-state index in [1.54, 1.807) is 31.3 Å². The van der Waals surface area contributed by atoms with E-state index in [9.17, 15) is 22.8 Å². The van der Waals surface area contributed by atoms with Crippen LogP contribution in [0.15, 0.2) is 42.5 Å². The van der Waals surface area contributed by atoms with Gasteiger partial charge in [-0.1, -0.05) is 11.6 Å². The van der Waals surface area contributed by atoms with Gasteiger partial charge in [-0.25, -0.2) is 4.79 Å². The SMILES string of the molecule is CC(=O)N(C)c1ccc(NC(=O)Nc2cc(C(F)(F)F)ccc2Cl)cc1. The van der Waals surface area contributed by atoms with Gasteiger partial charge in [0.05, 0.1) is 16.3 Å². The van der Waals surface area contributed by atoms with E-state index in [1.165, 1.54) is 11.8 Å². The summed E-state index contributed by atoms with van der Waals surface area (Å²) in [7, 11) is 1.60. The molecule has 0 bridgehead atoms. The van der Waals surface area contributed by atoms with E-state index in [4.69, 9.17) is 11.6 Å². The number of rotatable bonds is 3. The minimum absolute atomic E-state index is 0.0217. The zero-order chi connectivity index (χ0) is 19.5. The van der Waals surface area contributed by atoms with Crippen LogP contribution in [0, 0.1) is 0 Å². The molecular weight excluding hydrogens is 371 g/mol. The third-order valence-electron chi connectivity index (χ3n) is 3.53. The average Bonchev–Trinajstić information content (AvgIpc) is 2.55. The van der Waals surface area contributed by atoms with E-state index in [0.29, 0.717) is 11.4 Å². The van der Waals surface area contributed by atoms with Crippen LogP contribution in [-0.4, -0.2) is 19.0 Å². The summed E-state index contributed by atoms with van der Waals surface area (Å²) in [6.07, 6.45) is -4.55. The molecule has 138 valence electrons. The summed E-state index contributed by atoms with van der Waals surface area (Å²) in [6.45, 7) is 1.42. The molecule has 0 aliphatic heterocycles. The molecular formula is C17H15ClF3N3O2. The summed E-state index contributed by atoms with van der Waals surface area (Å²) in [6, 6.07) is 8.25. The number of nitrogens with one attached hydrogen (secondary N) is 2. The van der Waals surface area contributed by atoms with Crippen molar-refractivity contribution in [3.8, 4) is 0 Å². The van der Waals surface area contributed by atoms with Crippen molar-refractivity contribution in [1.82, 2.24) is 0 Å². The normalized spacial score (nSPS) is 11.0. The van der Waals surface area contributed by atoms with Gasteiger partial charge in [0.15, 0.2) is 0 Å². The number of amides is 3. The predicted molar refractivity (Wildman–Crippen MR) is 94.6 cm³/mol. The van der Waals surface area contributed by atoms with Crippen molar-refractivity contribution < 1.29 is 22.8 Å². The van der Waals surface area contributed by atoms with Gasteiger partial charge in [-0.15, -0.1) is 0 Å². The van der Waals surface area contributed by atoms with Crippen LogP contribution in [-0.2, 0) is 11.0 Å². The summed E-state index contributed by atoms with van der Waals surface area (Å²) in [5.74, 6) is -0.150. The number of alkyl halides is 3. The van der Waals surface area contributed by atoms with Gasteiger partial charge in [0, 0.05) is 25.3 Å². The first-order valence-corrected chi connectivity index (χ1v) is 7.75. The van der Waals surface area contributed by atoms with Crippen LogP contribution in [0.1, 0.15) is 12.5 Å². The molecule has 0 heterocycles. The Labute approximate surface area is 152 Å². The van der Waals surface area contributed by atoms with Crippen LogP contribution in [0.5, 0.6) is 0 Å². The standard InChI is InChI=1S/C17H15ClF3N3O2/c1-10(25)24(2)13-6-4-12(5-7-13)22-16(26)23-15-9-11(17(19,20)21)3-8-14(15)18/h3-9H,1-2H3,(H2,22,23,26). The van der Waals surface area contributed by atoms with Crippen molar-refractivity contribution in [3.05, 3.63) is 53.1 Å². The molecule has 5 nitrogen and oxygen atoms in total. The molecule has 2 rings (SSSR count). The largest absolute Gasteiger partial charge is 0.416 e. The Bertz CT molecular complexity index is 823. The van der Waals surface area contributed by atoms with E-state index < -0.39 is 17.8 Å². The number of benzene rings is 2. The minimum atomic E-state index is -4.55. The Morgan fingerprint density at radius 3 is 2.19 bits per heavy atom. The summed E-state index contributed by atoms with van der Waals surface area (Å²) in [5, 5.41) is 4.74. The number of urea groups is 1. The highest BCUT2D eigenvalue weighted by atomic mass is 35.5. The zero-order valence-corrected chi connectivity index (χ0v) is 14.6. The number of hydrogen-bond acceptors (Lipinski definition) is 2. The highest BCUT2D eigenvalue weighted by Gasteiger charge is 2.31. The first-order valence-electron chi connectivity index (χ1n) is 7.37. The maximum atomic E-state index is 12.7. The second-order valence-corrected chi connectivity index (χ2v) is 5.80. The number of halogens is 4. The molecule has 0 fully saturated rings. The highest BCUT2D eigenvalue weighted by Crippen LogP contribution is 2.33. The van der Waals surface area contributed by atoms with E-state index in [-0.39, 0.29) is 16.6 Å². The Kier molecular flexibility index (Phi) is 5.76. The molecule has 3 amide bonds. The van der Waals surface area contributed by atoms with Crippen LogP contribution in [0.4, 0.5) is 35.0 Å². The lowest BCUT2D eigenvalue weighted by atomic mass is 10.2. The maximum absolute atomic E-state index is 12.7. The lowest BCUT2D eigenvalue weighted by Crippen LogP contribution is -2.23. The number of carbonyl (C=O) groups is 2. The van der Waals surface area contributed by atoms with Gasteiger partial charge in [-0.2, -0.15) is 13.2 Å². The van der Waals surface area contributed by atoms with Crippen LogP contribution in [0.25, 0.3) is 0 Å². The molecule has 9 heteroatoms. The first kappa shape index (κ1) is 19.6. The average molecular weight is 386 g/mol. The van der Waals surface area contributed by atoms with Crippen LogP contribution in [0.3, 0.4) is 0 Å². The third-order valence-corrected chi connectivity index (χ3v) is 3.86. The quantitative estimate of drug-likeness (QED) is 0.782. The fraction of sp³-hybridized carbons (Fsp3) is 0.176.